The highest BCUT2D eigenvalue weighted by Gasteiger charge is 2.43. The fourth-order valence-electron chi connectivity index (χ4n) is 3.21. The third-order valence-corrected chi connectivity index (χ3v) is 4.38. The highest BCUT2D eigenvalue weighted by molar-refractivity contribution is 5.88. The summed E-state index contributed by atoms with van der Waals surface area (Å²) < 4.78 is 0. The van der Waals surface area contributed by atoms with Crippen LogP contribution < -0.4 is 11.3 Å². The Morgan fingerprint density at radius 3 is 2.22 bits per heavy atom. The van der Waals surface area contributed by atoms with Gasteiger partial charge in [-0.2, -0.15) is 0 Å². The van der Waals surface area contributed by atoms with Crippen LogP contribution in [-0.4, -0.2) is 5.91 Å². The van der Waals surface area contributed by atoms with Gasteiger partial charge < -0.3 is 0 Å². The van der Waals surface area contributed by atoms with Crippen molar-refractivity contribution in [2.45, 2.75) is 51.9 Å². The number of carbonyl (C=O) groups is 1. The van der Waals surface area contributed by atoms with Gasteiger partial charge in [0.1, 0.15) is 0 Å². The Kier molecular flexibility index (Phi) is 3.44. The molecule has 0 aliphatic heterocycles. The maximum Gasteiger partial charge on any atom is 0.244 e. The van der Waals surface area contributed by atoms with Crippen LogP contribution in [-0.2, 0) is 10.2 Å². The van der Waals surface area contributed by atoms with Crippen molar-refractivity contribution in [1.82, 2.24) is 5.43 Å². The molecule has 0 aromatic heterocycles. The Morgan fingerprint density at radius 1 is 1.11 bits per heavy atom. The lowest BCUT2D eigenvalue weighted by Crippen LogP contribution is -2.46. The number of benzene rings is 1. The Morgan fingerprint density at radius 2 is 1.67 bits per heavy atom. The van der Waals surface area contributed by atoms with Gasteiger partial charge in [-0.05, 0) is 55.9 Å². The molecule has 0 radical (unpaired) electrons. The Hall–Kier alpha value is -1.35. The van der Waals surface area contributed by atoms with Crippen molar-refractivity contribution >= 4 is 5.91 Å². The van der Waals surface area contributed by atoms with E-state index in [2.05, 4.69) is 38.3 Å². The number of nitrogens with two attached hydrogens (primary N) is 1. The molecule has 1 aromatic rings. The van der Waals surface area contributed by atoms with Gasteiger partial charge in [0.2, 0.25) is 5.91 Å². The summed E-state index contributed by atoms with van der Waals surface area (Å²) in [7, 11) is 0. The summed E-state index contributed by atoms with van der Waals surface area (Å²) in [5.74, 6) is 5.36. The molecule has 3 N–H and O–H groups in total. The molecule has 1 saturated carbocycles. The van der Waals surface area contributed by atoms with E-state index in [1.807, 2.05) is 0 Å². The molecular formula is C15H22N2O. The molecule has 98 valence electrons. The van der Waals surface area contributed by atoms with Crippen molar-refractivity contribution in [2.24, 2.45) is 5.84 Å². The van der Waals surface area contributed by atoms with E-state index in [4.69, 9.17) is 5.84 Å². The summed E-state index contributed by atoms with van der Waals surface area (Å²) in [4.78, 5) is 12.2. The summed E-state index contributed by atoms with van der Waals surface area (Å²) in [6.45, 7) is 6.29. The maximum atomic E-state index is 12.2. The first-order valence-electron chi connectivity index (χ1n) is 6.60. The SMILES string of the molecule is Cc1cc(C)c(C2(C(=O)NN)CCCC2)cc1C. The minimum atomic E-state index is -0.405. The van der Waals surface area contributed by atoms with Crippen molar-refractivity contribution in [3.05, 3.63) is 34.4 Å². The van der Waals surface area contributed by atoms with Gasteiger partial charge in [0.05, 0.1) is 5.41 Å². The summed E-state index contributed by atoms with van der Waals surface area (Å²) in [5.41, 5.74) is 6.84. The van der Waals surface area contributed by atoms with E-state index >= 15 is 0 Å². The summed E-state index contributed by atoms with van der Waals surface area (Å²) in [6.07, 6.45) is 4.00. The normalized spacial score (nSPS) is 17.8. The lowest BCUT2D eigenvalue weighted by atomic mass is 9.75. The van der Waals surface area contributed by atoms with Gasteiger partial charge in [-0.25, -0.2) is 5.84 Å². The third-order valence-electron chi connectivity index (χ3n) is 4.38. The highest BCUT2D eigenvalue weighted by atomic mass is 16.2. The highest BCUT2D eigenvalue weighted by Crippen LogP contribution is 2.43. The fourth-order valence-corrected chi connectivity index (χ4v) is 3.21. The van der Waals surface area contributed by atoms with Crippen LogP contribution in [0, 0.1) is 20.8 Å². The maximum absolute atomic E-state index is 12.2. The van der Waals surface area contributed by atoms with E-state index in [9.17, 15) is 4.79 Å². The molecule has 1 aromatic carbocycles. The van der Waals surface area contributed by atoms with Gasteiger partial charge in [-0.1, -0.05) is 25.0 Å². The number of rotatable bonds is 2. The Labute approximate surface area is 109 Å². The average Bonchev–Trinajstić information content (AvgIpc) is 2.83. The molecule has 3 heteroatoms. The molecule has 18 heavy (non-hydrogen) atoms. The first-order chi connectivity index (χ1) is 8.51. The van der Waals surface area contributed by atoms with E-state index in [1.54, 1.807) is 0 Å². The zero-order valence-corrected chi connectivity index (χ0v) is 11.5. The molecule has 0 heterocycles. The number of hydrazine groups is 1. The van der Waals surface area contributed by atoms with Crippen LogP contribution >= 0.6 is 0 Å². The van der Waals surface area contributed by atoms with Gasteiger partial charge in [-0.15, -0.1) is 0 Å². The topological polar surface area (TPSA) is 55.1 Å². The van der Waals surface area contributed by atoms with Crippen LogP contribution in [0.1, 0.15) is 47.9 Å². The zero-order chi connectivity index (χ0) is 13.3. The number of amides is 1. The molecule has 0 atom stereocenters. The van der Waals surface area contributed by atoms with Crippen molar-refractivity contribution in [3.8, 4) is 0 Å². The van der Waals surface area contributed by atoms with Crippen LogP contribution in [0.2, 0.25) is 0 Å². The van der Waals surface area contributed by atoms with Crippen LogP contribution in [0.3, 0.4) is 0 Å². The van der Waals surface area contributed by atoms with Gasteiger partial charge >= 0.3 is 0 Å². The van der Waals surface area contributed by atoms with E-state index in [0.29, 0.717) is 0 Å². The first kappa shape index (κ1) is 13.1. The predicted octanol–water partition coefficient (Wildman–Crippen LogP) is 2.41. The summed E-state index contributed by atoms with van der Waals surface area (Å²) in [6, 6.07) is 4.35. The second-order valence-electron chi connectivity index (χ2n) is 5.51. The smallest absolute Gasteiger partial charge is 0.244 e. The molecule has 0 unspecified atom stereocenters. The molecule has 2 rings (SSSR count). The monoisotopic (exact) mass is 246 g/mol. The number of aryl methyl sites for hydroxylation is 3. The third kappa shape index (κ3) is 1.93. The van der Waals surface area contributed by atoms with E-state index < -0.39 is 5.41 Å². The molecule has 1 aliphatic carbocycles. The first-order valence-corrected chi connectivity index (χ1v) is 6.60. The quantitative estimate of drug-likeness (QED) is 0.478. The largest absolute Gasteiger partial charge is 0.293 e. The van der Waals surface area contributed by atoms with Crippen molar-refractivity contribution < 1.29 is 4.79 Å². The second-order valence-corrected chi connectivity index (χ2v) is 5.51. The Balaban J connectivity index is 2.56. The molecule has 0 bridgehead atoms. The van der Waals surface area contributed by atoms with Crippen molar-refractivity contribution in [3.63, 3.8) is 0 Å². The summed E-state index contributed by atoms with van der Waals surface area (Å²) >= 11 is 0. The standard InChI is InChI=1S/C15H22N2O/c1-10-8-12(3)13(9-11(10)2)15(14(18)17-16)6-4-5-7-15/h8-9H,4-7,16H2,1-3H3,(H,17,18). The van der Waals surface area contributed by atoms with Gasteiger partial charge in [-0.3, -0.25) is 10.2 Å². The zero-order valence-electron chi connectivity index (χ0n) is 11.5. The van der Waals surface area contributed by atoms with E-state index in [0.717, 1.165) is 31.2 Å². The van der Waals surface area contributed by atoms with Gasteiger partial charge in [0.15, 0.2) is 0 Å². The molecule has 1 amide bonds. The van der Waals surface area contributed by atoms with Crippen LogP contribution in [0.15, 0.2) is 12.1 Å². The minimum Gasteiger partial charge on any atom is -0.293 e. The Bertz CT molecular complexity index is 474. The summed E-state index contributed by atoms with van der Waals surface area (Å²) in [5, 5.41) is 0. The number of nitrogens with one attached hydrogen (secondary N) is 1. The van der Waals surface area contributed by atoms with Crippen LogP contribution in [0.5, 0.6) is 0 Å². The number of hydrogen-bond acceptors (Lipinski definition) is 2. The predicted molar refractivity (Wildman–Crippen MR) is 73.1 cm³/mol. The van der Waals surface area contributed by atoms with Gasteiger partial charge in [0, 0.05) is 0 Å². The van der Waals surface area contributed by atoms with Crippen molar-refractivity contribution in [2.75, 3.05) is 0 Å². The molecule has 1 fully saturated rings. The lowest BCUT2D eigenvalue weighted by molar-refractivity contribution is -0.126. The van der Waals surface area contributed by atoms with Crippen LogP contribution in [0.4, 0.5) is 0 Å². The number of hydrogen-bond donors (Lipinski definition) is 2. The molecular weight excluding hydrogens is 224 g/mol. The van der Waals surface area contributed by atoms with E-state index in [1.165, 1.54) is 16.7 Å². The second kappa shape index (κ2) is 4.73. The number of carbonyl (C=O) groups excluding carboxylic acids is 1. The van der Waals surface area contributed by atoms with Crippen LogP contribution in [0.25, 0.3) is 0 Å². The fraction of sp³-hybridized carbons (Fsp3) is 0.533. The average molecular weight is 246 g/mol. The molecule has 0 spiro atoms. The van der Waals surface area contributed by atoms with Crippen molar-refractivity contribution in [1.29, 1.82) is 0 Å². The van der Waals surface area contributed by atoms with Gasteiger partial charge in [0.25, 0.3) is 0 Å². The molecule has 3 nitrogen and oxygen atoms in total. The minimum absolute atomic E-state index is 0.0358. The molecule has 1 aliphatic rings. The molecule has 0 saturated heterocycles. The lowest BCUT2D eigenvalue weighted by Gasteiger charge is -2.29. The van der Waals surface area contributed by atoms with E-state index in [-0.39, 0.29) is 5.91 Å².